The lowest BCUT2D eigenvalue weighted by Crippen LogP contribution is -2.17. The highest BCUT2D eigenvalue weighted by Gasteiger charge is 2.41. The van der Waals surface area contributed by atoms with E-state index in [0.717, 1.165) is 30.2 Å². The topological polar surface area (TPSA) is 29.9 Å². The number of aromatic nitrogens is 2. The van der Waals surface area contributed by atoms with Crippen LogP contribution in [-0.4, -0.2) is 16.1 Å². The Labute approximate surface area is 110 Å². The molecule has 18 heavy (non-hydrogen) atoms. The molecule has 0 aliphatic heterocycles. The van der Waals surface area contributed by atoms with Crippen LogP contribution in [0.3, 0.4) is 0 Å². The van der Waals surface area contributed by atoms with Crippen LogP contribution in [0.25, 0.3) is 0 Å². The average Bonchev–Trinajstić information content (AvgIpc) is 3.28. The summed E-state index contributed by atoms with van der Waals surface area (Å²) in [7, 11) is 0. The Hall–Kier alpha value is -0.990. The van der Waals surface area contributed by atoms with Crippen LogP contribution in [0.4, 0.5) is 5.95 Å². The second kappa shape index (κ2) is 5.33. The lowest BCUT2D eigenvalue weighted by Gasteiger charge is -2.18. The van der Waals surface area contributed by atoms with Gasteiger partial charge in [0.05, 0.1) is 0 Å². The van der Waals surface area contributed by atoms with E-state index in [1.807, 2.05) is 6.20 Å². The monoisotopic (exact) mass is 247 g/mol. The number of imidazole rings is 1. The van der Waals surface area contributed by atoms with E-state index in [1.165, 1.54) is 45.1 Å². The number of hydrogen-bond acceptors (Lipinski definition) is 2. The summed E-state index contributed by atoms with van der Waals surface area (Å²) in [4.78, 5) is 4.45. The Bertz CT molecular complexity index is 365. The molecule has 2 aliphatic carbocycles. The number of anilines is 1. The molecule has 0 atom stereocenters. The second-order valence-corrected chi connectivity index (χ2v) is 6.02. The molecule has 0 radical (unpaired) electrons. The number of hydrogen-bond donors (Lipinski definition) is 1. The van der Waals surface area contributed by atoms with Crippen LogP contribution in [0.1, 0.15) is 45.4 Å². The molecule has 0 aromatic carbocycles. The Morgan fingerprint density at radius 2 is 2.06 bits per heavy atom. The molecule has 2 aliphatic rings. The maximum Gasteiger partial charge on any atom is 0.202 e. The molecule has 100 valence electrons. The third kappa shape index (κ3) is 2.88. The zero-order valence-electron chi connectivity index (χ0n) is 11.4. The average molecular weight is 247 g/mol. The van der Waals surface area contributed by atoms with Gasteiger partial charge in [-0.2, -0.15) is 0 Å². The first-order valence-corrected chi connectivity index (χ1v) is 7.63. The summed E-state index contributed by atoms with van der Waals surface area (Å²) in [5.74, 6) is 4.03. The molecular formula is C15H25N3. The normalized spacial score (nSPS) is 19.4. The summed E-state index contributed by atoms with van der Waals surface area (Å²) in [6.07, 6.45) is 12.4. The van der Waals surface area contributed by atoms with Crippen molar-refractivity contribution in [2.24, 2.45) is 17.8 Å². The van der Waals surface area contributed by atoms with Gasteiger partial charge in [-0.15, -0.1) is 0 Å². The summed E-state index contributed by atoms with van der Waals surface area (Å²) in [6.45, 7) is 4.46. The van der Waals surface area contributed by atoms with Gasteiger partial charge in [0.2, 0.25) is 5.95 Å². The SMILES string of the molecule is CCCCNc1nccn1CC(C1CC1)C1CC1. The first kappa shape index (κ1) is 12.1. The van der Waals surface area contributed by atoms with Gasteiger partial charge in [0.15, 0.2) is 0 Å². The van der Waals surface area contributed by atoms with Gasteiger partial charge in [-0.25, -0.2) is 4.98 Å². The minimum Gasteiger partial charge on any atom is -0.356 e. The van der Waals surface area contributed by atoms with Crippen molar-refractivity contribution in [2.75, 3.05) is 11.9 Å². The fraction of sp³-hybridized carbons (Fsp3) is 0.800. The zero-order chi connectivity index (χ0) is 12.4. The fourth-order valence-corrected chi connectivity index (χ4v) is 2.96. The molecule has 0 saturated heterocycles. The van der Waals surface area contributed by atoms with E-state index in [0.29, 0.717) is 0 Å². The number of nitrogens with zero attached hydrogens (tertiary/aromatic N) is 2. The summed E-state index contributed by atoms with van der Waals surface area (Å²) >= 11 is 0. The lowest BCUT2D eigenvalue weighted by molar-refractivity contribution is 0.350. The van der Waals surface area contributed by atoms with Crippen LogP contribution in [0.5, 0.6) is 0 Å². The molecule has 3 heteroatoms. The Balaban J connectivity index is 1.58. The molecule has 1 N–H and O–H groups in total. The van der Waals surface area contributed by atoms with Crippen molar-refractivity contribution in [1.29, 1.82) is 0 Å². The van der Waals surface area contributed by atoms with Gasteiger partial charge in [0, 0.05) is 25.5 Å². The van der Waals surface area contributed by atoms with E-state index < -0.39 is 0 Å². The van der Waals surface area contributed by atoms with Gasteiger partial charge in [-0.3, -0.25) is 0 Å². The van der Waals surface area contributed by atoms with Crippen molar-refractivity contribution in [2.45, 2.75) is 52.0 Å². The molecule has 0 amide bonds. The number of nitrogens with one attached hydrogen (secondary N) is 1. The van der Waals surface area contributed by atoms with E-state index in [1.54, 1.807) is 0 Å². The van der Waals surface area contributed by atoms with E-state index in [4.69, 9.17) is 0 Å². The van der Waals surface area contributed by atoms with Crippen molar-refractivity contribution < 1.29 is 0 Å². The fourth-order valence-electron chi connectivity index (χ4n) is 2.96. The highest BCUT2D eigenvalue weighted by atomic mass is 15.2. The van der Waals surface area contributed by atoms with E-state index in [9.17, 15) is 0 Å². The van der Waals surface area contributed by atoms with Gasteiger partial charge < -0.3 is 9.88 Å². The molecule has 1 heterocycles. The van der Waals surface area contributed by atoms with Gasteiger partial charge in [0.1, 0.15) is 0 Å². The predicted molar refractivity (Wildman–Crippen MR) is 74.6 cm³/mol. The summed E-state index contributed by atoms with van der Waals surface area (Å²) in [6, 6.07) is 0. The summed E-state index contributed by atoms with van der Waals surface area (Å²) in [5.41, 5.74) is 0. The predicted octanol–water partition coefficient (Wildman–Crippen LogP) is 3.53. The standard InChI is InChI=1S/C15H25N3/c1-2-3-8-16-15-17-9-10-18(15)11-14(12-4-5-12)13-6-7-13/h9-10,12-14H,2-8,11H2,1H3,(H,16,17). The molecular weight excluding hydrogens is 222 g/mol. The minimum absolute atomic E-state index is 0.922. The van der Waals surface area contributed by atoms with E-state index in [2.05, 4.69) is 28.0 Å². The van der Waals surface area contributed by atoms with Crippen molar-refractivity contribution in [3.05, 3.63) is 12.4 Å². The van der Waals surface area contributed by atoms with Crippen molar-refractivity contribution in [3.63, 3.8) is 0 Å². The molecule has 0 spiro atoms. The quantitative estimate of drug-likeness (QED) is 0.712. The first-order valence-electron chi connectivity index (χ1n) is 7.63. The number of unbranched alkanes of at least 4 members (excludes halogenated alkanes) is 1. The molecule has 2 fully saturated rings. The van der Waals surface area contributed by atoms with Crippen LogP contribution in [-0.2, 0) is 6.54 Å². The molecule has 0 bridgehead atoms. The third-order valence-electron chi connectivity index (χ3n) is 4.39. The lowest BCUT2D eigenvalue weighted by atomic mass is 9.98. The maximum absolute atomic E-state index is 4.45. The minimum atomic E-state index is 0.922. The van der Waals surface area contributed by atoms with Crippen LogP contribution in [0.15, 0.2) is 12.4 Å². The smallest absolute Gasteiger partial charge is 0.202 e. The highest BCUT2D eigenvalue weighted by Crippen LogP contribution is 2.50. The Kier molecular flexibility index (Phi) is 3.57. The van der Waals surface area contributed by atoms with Gasteiger partial charge in [0.25, 0.3) is 0 Å². The highest BCUT2D eigenvalue weighted by molar-refractivity contribution is 5.25. The Morgan fingerprint density at radius 1 is 1.33 bits per heavy atom. The van der Waals surface area contributed by atoms with Crippen LogP contribution in [0, 0.1) is 17.8 Å². The zero-order valence-corrected chi connectivity index (χ0v) is 11.4. The summed E-state index contributed by atoms with van der Waals surface area (Å²) in [5, 5.41) is 3.47. The molecule has 0 unspecified atom stereocenters. The molecule has 3 rings (SSSR count). The van der Waals surface area contributed by atoms with Gasteiger partial charge >= 0.3 is 0 Å². The maximum atomic E-state index is 4.45. The first-order chi connectivity index (χ1) is 8.88. The van der Waals surface area contributed by atoms with Crippen molar-refractivity contribution in [3.8, 4) is 0 Å². The van der Waals surface area contributed by atoms with Crippen LogP contribution in [0.2, 0.25) is 0 Å². The Morgan fingerprint density at radius 3 is 2.67 bits per heavy atom. The van der Waals surface area contributed by atoms with E-state index in [-0.39, 0.29) is 0 Å². The van der Waals surface area contributed by atoms with Crippen LogP contribution >= 0.6 is 0 Å². The molecule has 3 nitrogen and oxygen atoms in total. The van der Waals surface area contributed by atoms with E-state index >= 15 is 0 Å². The number of rotatable bonds is 8. The second-order valence-electron chi connectivity index (χ2n) is 6.02. The largest absolute Gasteiger partial charge is 0.356 e. The van der Waals surface area contributed by atoms with Crippen LogP contribution < -0.4 is 5.32 Å². The van der Waals surface area contributed by atoms with Gasteiger partial charge in [-0.1, -0.05) is 13.3 Å². The third-order valence-corrected chi connectivity index (χ3v) is 4.39. The molecule has 1 aromatic heterocycles. The van der Waals surface area contributed by atoms with Gasteiger partial charge in [-0.05, 0) is 49.9 Å². The van der Waals surface area contributed by atoms with Crippen molar-refractivity contribution >= 4 is 5.95 Å². The van der Waals surface area contributed by atoms with Crippen molar-refractivity contribution in [1.82, 2.24) is 9.55 Å². The summed E-state index contributed by atoms with van der Waals surface area (Å²) < 4.78 is 2.34. The molecule has 2 saturated carbocycles. The molecule has 1 aromatic rings.